The molecule has 3 aromatic rings. The van der Waals surface area contributed by atoms with Crippen LogP contribution in [0.1, 0.15) is 39.3 Å². The number of nitrogens with one attached hydrogen (secondary N) is 1. The summed E-state index contributed by atoms with van der Waals surface area (Å²) in [5.41, 5.74) is 3.89. The minimum atomic E-state index is -0.497. The molecule has 3 rings (SSSR count). The first-order valence-electron chi connectivity index (χ1n) is 10.6. The molecule has 0 spiro atoms. The molecule has 0 bridgehead atoms. The number of anilines is 1. The van der Waals surface area contributed by atoms with Gasteiger partial charge in [0.05, 0.1) is 29.5 Å². The zero-order valence-corrected chi connectivity index (χ0v) is 19.1. The Bertz CT molecular complexity index is 1120. The fourth-order valence-corrected chi connectivity index (χ4v) is 3.63. The summed E-state index contributed by atoms with van der Waals surface area (Å²) < 4.78 is 18.1. The first-order valence-corrected chi connectivity index (χ1v) is 10.6. The van der Waals surface area contributed by atoms with E-state index < -0.39 is 6.09 Å². The van der Waals surface area contributed by atoms with Crippen LogP contribution in [0.25, 0.3) is 22.2 Å². The first-order chi connectivity index (χ1) is 15.3. The molecule has 32 heavy (non-hydrogen) atoms. The van der Waals surface area contributed by atoms with E-state index in [1.165, 1.54) is 0 Å². The van der Waals surface area contributed by atoms with Crippen molar-refractivity contribution >= 4 is 22.7 Å². The van der Waals surface area contributed by atoms with Gasteiger partial charge < -0.3 is 18.8 Å². The summed E-state index contributed by atoms with van der Waals surface area (Å²) in [6.07, 6.45) is -0.694. The van der Waals surface area contributed by atoms with Crippen LogP contribution < -0.4 is 10.1 Å². The zero-order chi connectivity index (χ0) is 23.3. The predicted molar refractivity (Wildman–Crippen MR) is 125 cm³/mol. The van der Waals surface area contributed by atoms with Crippen molar-refractivity contribution in [3.8, 4) is 23.1 Å². The van der Waals surface area contributed by atoms with Crippen LogP contribution in [0.15, 0.2) is 42.5 Å². The van der Waals surface area contributed by atoms with E-state index in [-0.39, 0.29) is 12.1 Å². The van der Waals surface area contributed by atoms with Crippen molar-refractivity contribution in [2.45, 2.75) is 39.8 Å². The van der Waals surface area contributed by atoms with Crippen molar-refractivity contribution in [2.75, 3.05) is 25.6 Å². The van der Waals surface area contributed by atoms with E-state index in [0.717, 1.165) is 27.9 Å². The molecule has 7 nitrogen and oxygen atoms in total. The monoisotopic (exact) mass is 435 g/mol. The van der Waals surface area contributed by atoms with E-state index in [0.29, 0.717) is 24.5 Å². The van der Waals surface area contributed by atoms with E-state index in [1.807, 2.05) is 30.3 Å². The SMILES string of the molecule is COCCOc1ccc2c(C#N)c(-c3ccc(NC(=O)OC(C)C)cc3)n(C(C)C)c2c1. The van der Waals surface area contributed by atoms with Crippen molar-refractivity contribution in [1.82, 2.24) is 4.57 Å². The molecule has 2 aromatic carbocycles. The number of hydrogen-bond donors (Lipinski definition) is 1. The van der Waals surface area contributed by atoms with Crippen LogP contribution in [0, 0.1) is 11.3 Å². The second-order valence-electron chi connectivity index (χ2n) is 7.98. The molecule has 1 aromatic heterocycles. The van der Waals surface area contributed by atoms with Gasteiger partial charge in [0.2, 0.25) is 0 Å². The summed E-state index contributed by atoms with van der Waals surface area (Å²) in [5.74, 6) is 0.730. The van der Waals surface area contributed by atoms with Crippen molar-refractivity contribution in [3.63, 3.8) is 0 Å². The largest absolute Gasteiger partial charge is 0.491 e. The van der Waals surface area contributed by atoms with Crippen LogP contribution in [0.2, 0.25) is 0 Å². The average Bonchev–Trinajstić information content (AvgIpc) is 3.07. The molecule has 0 aliphatic rings. The number of rotatable bonds is 8. The van der Waals surface area contributed by atoms with Gasteiger partial charge in [-0.1, -0.05) is 12.1 Å². The zero-order valence-electron chi connectivity index (χ0n) is 19.1. The summed E-state index contributed by atoms with van der Waals surface area (Å²) >= 11 is 0. The van der Waals surface area contributed by atoms with E-state index in [4.69, 9.17) is 14.2 Å². The minimum Gasteiger partial charge on any atom is -0.491 e. The molecule has 0 radical (unpaired) electrons. The molecule has 1 amide bonds. The number of carbonyl (C=O) groups excluding carboxylic acids is 1. The summed E-state index contributed by atoms with van der Waals surface area (Å²) in [6.45, 7) is 8.72. The molecule has 0 saturated heterocycles. The molecule has 168 valence electrons. The fourth-order valence-electron chi connectivity index (χ4n) is 3.63. The van der Waals surface area contributed by atoms with Crippen LogP contribution in [0.4, 0.5) is 10.5 Å². The Hall–Kier alpha value is -3.50. The minimum absolute atomic E-state index is 0.114. The Balaban J connectivity index is 2.02. The van der Waals surface area contributed by atoms with Gasteiger partial charge >= 0.3 is 6.09 Å². The van der Waals surface area contributed by atoms with Crippen molar-refractivity contribution in [2.24, 2.45) is 0 Å². The Labute approximate surface area is 188 Å². The van der Waals surface area contributed by atoms with E-state index in [1.54, 1.807) is 33.1 Å². The maximum atomic E-state index is 11.9. The van der Waals surface area contributed by atoms with Gasteiger partial charge in [-0.2, -0.15) is 5.26 Å². The molecule has 0 saturated carbocycles. The Kier molecular flexibility index (Phi) is 7.39. The van der Waals surface area contributed by atoms with Crippen LogP contribution >= 0.6 is 0 Å². The third-order valence-electron chi connectivity index (χ3n) is 4.91. The molecule has 0 atom stereocenters. The Morgan fingerprint density at radius 1 is 1.09 bits per heavy atom. The van der Waals surface area contributed by atoms with Gasteiger partial charge in [-0.25, -0.2) is 4.79 Å². The average molecular weight is 436 g/mol. The summed E-state index contributed by atoms with van der Waals surface area (Å²) in [7, 11) is 1.63. The predicted octanol–water partition coefficient (Wildman–Crippen LogP) is 5.74. The lowest BCUT2D eigenvalue weighted by atomic mass is 10.1. The summed E-state index contributed by atoms with van der Waals surface area (Å²) in [5, 5.41) is 13.6. The van der Waals surface area contributed by atoms with E-state index >= 15 is 0 Å². The molecule has 0 unspecified atom stereocenters. The number of ether oxygens (including phenoxy) is 3. The highest BCUT2D eigenvalue weighted by atomic mass is 16.6. The Morgan fingerprint density at radius 3 is 2.41 bits per heavy atom. The number of benzene rings is 2. The maximum Gasteiger partial charge on any atom is 0.411 e. The van der Waals surface area contributed by atoms with Crippen LogP contribution in [0.5, 0.6) is 5.75 Å². The van der Waals surface area contributed by atoms with E-state index in [9.17, 15) is 10.1 Å². The molecular formula is C25H29N3O4. The van der Waals surface area contributed by atoms with Gasteiger partial charge in [-0.3, -0.25) is 5.32 Å². The maximum absolute atomic E-state index is 11.9. The van der Waals surface area contributed by atoms with Crippen LogP contribution in [-0.2, 0) is 9.47 Å². The van der Waals surface area contributed by atoms with Crippen molar-refractivity contribution in [3.05, 3.63) is 48.0 Å². The number of amides is 1. The van der Waals surface area contributed by atoms with Crippen molar-refractivity contribution in [1.29, 1.82) is 5.26 Å². The van der Waals surface area contributed by atoms with Gasteiger partial charge in [-0.05, 0) is 57.5 Å². The number of fused-ring (bicyclic) bond motifs is 1. The second-order valence-corrected chi connectivity index (χ2v) is 7.98. The van der Waals surface area contributed by atoms with Crippen LogP contribution in [0.3, 0.4) is 0 Å². The summed E-state index contributed by atoms with van der Waals surface area (Å²) in [4.78, 5) is 11.9. The second kappa shape index (κ2) is 10.2. The normalized spacial score (nSPS) is 11.1. The quantitative estimate of drug-likeness (QED) is 0.456. The molecule has 1 heterocycles. The fraction of sp³-hybridized carbons (Fsp3) is 0.360. The highest BCUT2D eigenvalue weighted by Gasteiger charge is 2.21. The summed E-state index contributed by atoms with van der Waals surface area (Å²) in [6, 6.07) is 15.7. The van der Waals surface area contributed by atoms with Crippen LogP contribution in [-0.4, -0.2) is 37.1 Å². The standard InChI is InChI=1S/C25H29N3O4/c1-16(2)28-23-14-20(31-13-12-30-5)10-11-21(23)22(15-26)24(28)18-6-8-19(9-7-18)27-25(29)32-17(3)4/h6-11,14,16-17H,12-13H2,1-5H3,(H,27,29). The topological polar surface area (TPSA) is 85.5 Å². The third-order valence-corrected chi connectivity index (χ3v) is 4.91. The lowest BCUT2D eigenvalue weighted by Crippen LogP contribution is -2.17. The van der Waals surface area contributed by atoms with Gasteiger partial charge in [0, 0.05) is 30.3 Å². The lowest BCUT2D eigenvalue weighted by molar-refractivity contribution is 0.130. The number of nitrogens with zero attached hydrogens (tertiary/aromatic N) is 2. The molecule has 0 aliphatic carbocycles. The number of carbonyl (C=O) groups is 1. The van der Waals surface area contributed by atoms with Gasteiger partial charge in [-0.15, -0.1) is 0 Å². The molecule has 1 N–H and O–H groups in total. The molecule has 7 heteroatoms. The highest BCUT2D eigenvalue weighted by molar-refractivity contribution is 5.95. The molecule has 0 fully saturated rings. The third kappa shape index (κ3) is 5.04. The van der Waals surface area contributed by atoms with Gasteiger partial charge in [0.15, 0.2) is 0 Å². The van der Waals surface area contributed by atoms with Gasteiger partial charge in [0.1, 0.15) is 18.4 Å². The molecule has 0 aliphatic heterocycles. The number of aromatic nitrogens is 1. The number of methoxy groups -OCH3 is 1. The van der Waals surface area contributed by atoms with Crippen molar-refractivity contribution < 1.29 is 19.0 Å². The smallest absolute Gasteiger partial charge is 0.411 e. The van der Waals surface area contributed by atoms with E-state index in [2.05, 4.69) is 29.8 Å². The first kappa shape index (κ1) is 23.2. The van der Waals surface area contributed by atoms with Gasteiger partial charge in [0.25, 0.3) is 0 Å². The number of nitriles is 1. The number of hydrogen-bond acceptors (Lipinski definition) is 5. The Morgan fingerprint density at radius 2 is 1.81 bits per heavy atom. The highest BCUT2D eigenvalue weighted by Crippen LogP contribution is 2.38. The molecular weight excluding hydrogens is 406 g/mol. The lowest BCUT2D eigenvalue weighted by Gasteiger charge is -2.16.